The lowest BCUT2D eigenvalue weighted by Gasteiger charge is -2.23. The Labute approximate surface area is 98.0 Å². The van der Waals surface area contributed by atoms with E-state index in [1.54, 1.807) is 0 Å². The van der Waals surface area contributed by atoms with Crippen molar-refractivity contribution in [2.45, 2.75) is 18.8 Å². The molecule has 1 aromatic carbocycles. The fourth-order valence-corrected chi connectivity index (χ4v) is 2.34. The van der Waals surface area contributed by atoms with Crippen molar-refractivity contribution in [2.75, 3.05) is 13.1 Å². The van der Waals surface area contributed by atoms with Crippen LogP contribution < -0.4 is 5.32 Å². The molecular weight excluding hydrogens is 261 g/mol. The van der Waals surface area contributed by atoms with E-state index in [-0.39, 0.29) is 0 Å². The van der Waals surface area contributed by atoms with Crippen LogP contribution in [0.1, 0.15) is 24.3 Å². The van der Waals surface area contributed by atoms with Crippen molar-refractivity contribution < 1.29 is 0 Å². The van der Waals surface area contributed by atoms with Gasteiger partial charge in [-0.15, -0.1) is 0 Å². The number of benzene rings is 1. The first kappa shape index (κ1) is 10.5. The Morgan fingerprint density at radius 3 is 2.93 bits per heavy atom. The maximum atomic E-state index is 6.07. The number of hydrogen-bond donors (Lipinski definition) is 1. The van der Waals surface area contributed by atoms with E-state index in [1.165, 1.54) is 18.4 Å². The molecule has 0 aromatic heterocycles. The minimum Gasteiger partial charge on any atom is -0.316 e. The Hall–Kier alpha value is -0.0500. The fraction of sp³-hybridized carbons (Fsp3) is 0.455. The molecule has 0 bridgehead atoms. The summed E-state index contributed by atoms with van der Waals surface area (Å²) in [6.45, 7) is 2.23. The number of hydrogen-bond acceptors (Lipinski definition) is 1. The number of rotatable bonds is 1. The van der Waals surface area contributed by atoms with Crippen LogP contribution in [0.4, 0.5) is 0 Å². The van der Waals surface area contributed by atoms with Gasteiger partial charge >= 0.3 is 0 Å². The van der Waals surface area contributed by atoms with Crippen LogP contribution in [0.15, 0.2) is 22.7 Å². The molecule has 1 aromatic rings. The van der Waals surface area contributed by atoms with Gasteiger partial charge in [-0.2, -0.15) is 0 Å². The van der Waals surface area contributed by atoms with Crippen molar-refractivity contribution in [1.29, 1.82) is 0 Å². The fourth-order valence-electron chi connectivity index (χ4n) is 1.90. The van der Waals surface area contributed by atoms with E-state index < -0.39 is 0 Å². The van der Waals surface area contributed by atoms with Gasteiger partial charge in [0.15, 0.2) is 0 Å². The van der Waals surface area contributed by atoms with Crippen LogP contribution in [0, 0.1) is 0 Å². The number of nitrogens with one attached hydrogen (secondary N) is 1. The Bertz CT molecular complexity index is 321. The molecule has 1 aliphatic rings. The summed E-state index contributed by atoms with van der Waals surface area (Å²) in [7, 11) is 0. The van der Waals surface area contributed by atoms with E-state index in [0.717, 1.165) is 22.6 Å². The lowest BCUT2D eigenvalue weighted by molar-refractivity contribution is 0.461. The Morgan fingerprint density at radius 1 is 1.43 bits per heavy atom. The average molecular weight is 275 g/mol. The van der Waals surface area contributed by atoms with Gasteiger partial charge in [-0.25, -0.2) is 0 Å². The van der Waals surface area contributed by atoms with Crippen LogP contribution >= 0.6 is 27.5 Å². The smallest absolute Gasteiger partial charge is 0.0550 e. The first-order valence-corrected chi connectivity index (χ1v) is 6.10. The Balaban J connectivity index is 2.18. The van der Waals surface area contributed by atoms with E-state index in [0.29, 0.717) is 5.92 Å². The summed E-state index contributed by atoms with van der Waals surface area (Å²) in [6.07, 6.45) is 2.53. The predicted octanol–water partition coefficient (Wildman–Crippen LogP) is 3.57. The van der Waals surface area contributed by atoms with E-state index in [9.17, 15) is 0 Å². The highest BCUT2D eigenvalue weighted by atomic mass is 79.9. The van der Waals surface area contributed by atoms with Gasteiger partial charge in [-0.3, -0.25) is 0 Å². The second-order valence-corrected chi connectivity index (χ2v) is 4.98. The summed E-state index contributed by atoms with van der Waals surface area (Å²) >= 11 is 9.47. The third-order valence-corrected chi connectivity index (χ3v) is 3.94. The van der Waals surface area contributed by atoms with Crippen molar-refractivity contribution in [2.24, 2.45) is 0 Å². The van der Waals surface area contributed by atoms with Gasteiger partial charge in [0.1, 0.15) is 0 Å². The van der Waals surface area contributed by atoms with E-state index in [2.05, 4.69) is 33.4 Å². The van der Waals surface area contributed by atoms with Crippen LogP contribution in [0.25, 0.3) is 0 Å². The average Bonchev–Trinajstić information content (AvgIpc) is 2.23. The molecule has 14 heavy (non-hydrogen) atoms. The highest BCUT2D eigenvalue weighted by Gasteiger charge is 2.15. The van der Waals surface area contributed by atoms with Crippen LogP contribution in [0.5, 0.6) is 0 Å². The highest BCUT2D eigenvalue weighted by Crippen LogP contribution is 2.29. The Kier molecular flexibility index (Phi) is 3.47. The third kappa shape index (κ3) is 2.30. The summed E-state index contributed by atoms with van der Waals surface area (Å²) < 4.78 is 0.978. The molecule has 1 nitrogen and oxygen atoms in total. The summed E-state index contributed by atoms with van der Waals surface area (Å²) in [6, 6.07) is 6.27. The van der Waals surface area contributed by atoms with E-state index in [1.807, 2.05) is 6.07 Å². The molecule has 1 atom stereocenters. The van der Waals surface area contributed by atoms with Crippen molar-refractivity contribution in [1.82, 2.24) is 5.32 Å². The molecule has 0 spiro atoms. The van der Waals surface area contributed by atoms with E-state index >= 15 is 0 Å². The predicted molar refractivity (Wildman–Crippen MR) is 64.0 cm³/mol. The monoisotopic (exact) mass is 273 g/mol. The normalized spacial score (nSPS) is 22.3. The molecule has 1 aliphatic heterocycles. The molecule has 1 saturated heterocycles. The largest absolute Gasteiger partial charge is 0.316 e. The molecule has 0 radical (unpaired) electrons. The second-order valence-electron chi connectivity index (χ2n) is 3.72. The van der Waals surface area contributed by atoms with Gasteiger partial charge in [0.05, 0.1) is 5.02 Å². The van der Waals surface area contributed by atoms with Gasteiger partial charge in [0.2, 0.25) is 0 Å². The van der Waals surface area contributed by atoms with Crippen molar-refractivity contribution in [3.05, 3.63) is 33.3 Å². The molecule has 76 valence electrons. The van der Waals surface area contributed by atoms with Crippen molar-refractivity contribution >= 4 is 27.5 Å². The standard InChI is InChI=1S/C11H13BrClN/c12-10-4-3-8(6-11(10)13)9-2-1-5-14-7-9/h3-4,6,9,14H,1-2,5,7H2/t9-/m1/s1. The Morgan fingerprint density at radius 2 is 2.29 bits per heavy atom. The second kappa shape index (κ2) is 4.65. The first-order valence-electron chi connectivity index (χ1n) is 4.93. The zero-order valence-electron chi connectivity index (χ0n) is 7.89. The molecule has 0 aliphatic carbocycles. The van der Waals surface area contributed by atoms with Gasteiger partial charge in [0.25, 0.3) is 0 Å². The maximum Gasteiger partial charge on any atom is 0.0550 e. The summed E-state index contributed by atoms with van der Waals surface area (Å²) in [5, 5.41) is 4.23. The quantitative estimate of drug-likeness (QED) is 0.825. The van der Waals surface area contributed by atoms with Gasteiger partial charge in [-0.05, 0) is 58.9 Å². The molecule has 2 rings (SSSR count). The molecule has 1 N–H and O–H groups in total. The first-order chi connectivity index (χ1) is 6.77. The minimum absolute atomic E-state index is 0.634. The zero-order chi connectivity index (χ0) is 9.97. The summed E-state index contributed by atoms with van der Waals surface area (Å²) in [4.78, 5) is 0. The zero-order valence-corrected chi connectivity index (χ0v) is 10.2. The van der Waals surface area contributed by atoms with Crippen molar-refractivity contribution in [3.63, 3.8) is 0 Å². The molecule has 0 unspecified atom stereocenters. The summed E-state index contributed by atoms with van der Waals surface area (Å²) in [5.74, 6) is 0.634. The van der Waals surface area contributed by atoms with Crippen LogP contribution in [-0.4, -0.2) is 13.1 Å². The molecule has 1 fully saturated rings. The van der Waals surface area contributed by atoms with Crippen molar-refractivity contribution in [3.8, 4) is 0 Å². The molecule has 1 heterocycles. The molecular formula is C11H13BrClN. The SMILES string of the molecule is Clc1cc([C@@H]2CCCNC2)ccc1Br. The maximum absolute atomic E-state index is 6.07. The van der Waals surface area contributed by atoms with Crippen LogP contribution in [0.2, 0.25) is 5.02 Å². The molecule has 0 amide bonds. The summed E-state index contributed by atoms with van der Waals surface area (Å²) in [5.41, 5.74) is 1.35. The van der Waals surface area contributed by atoms with Gasteiger partial charge < -0.3 is 5.32 Å². The highest BCUT2D eigenvalue weighted by molar-refractivity contribution is 9.10. The van der Waals surface area contributed by atoms with Gasteiger partial charge in [0, 0.05) is 11.0 Å². The number of piperidine rings is 1. The minimum atomic E-state index is 0.634. The lowest BCUT2D eigenvalue weighted by atomic mass is 9.92. The molecule has 0 saturated carbocycles. The van der Waals surface area contributed by atoms with Crippen LogP contribution in [0.3, 0.4) is 0 Å². The number of halogens is 2. The van der Waals surface area contributed by atoms with Crippen LogP contribution in [-0.2, 0) is 0 Å². The lowest BCUT2D eigenvalue weighted by Crippen LogP contribution is -2.28. The third-order valence-electron chi connectivity index (χ3n) is 2.71. The van der Waals surface area contributed by atoms with Gasteiger partial charge in [-0.1, -0.05) is 17.7 Å². The van der Waals surface area contributed by atoms with E-state index in [4.69, 9.17) is 11.6 Å². The topological polar surface area (TPSA) is 12.0 Å². The molecule has 3 heteroatoms.